The SMILES string of the molecule is C=CCn1c(N)c(S(=O)(=O)c2ccc(C)c(C)c2)c2nc3ccccc3nc21. The van der Waals surface area contributed by atoms with E-state index >= 15 is 0 Å². The number of fused-ring (bicyclic) bond motifs is 2. The van der Waals surface area contributed by atoms with Crippen molar-refractivity contribution in [2.75, 3.05) is 5.73 Å². The van der Waals surface area contributed by atoms with Crippen LogP contribution in [0.15, 0.2) is 64.9 Å². The van der Waals surface area contributed by atoms with Crippen LogP contribution in [-0.4, -0.2) is 23.0 Å². The summed E-state index contributed by atoms with van der Waals surface area (Å²) >= 11 is 0. The van der Waals surface area contributed by atoms with E-state index in [1.54, 1.807) is 34.9 Å². The van der Waals surface area contributed by atoms with Crippen LogP contribution in [0, 0.1) is 13.8 Å². The number of aryl methyl sites for hydroxylation is 2. The minimum atomic E-state index is -3.88. The van der Waals surface area contributed by atoms with Crippen LogP contribution in [0.3, 0.4) is 0 Å². The summed E-state index contributed by atoms with van der Waals surface area (Å²) in [5.74, 6) is 0.114. The van der Waals surface area contributed by atoms with Crippen LogP contribution >= 0.6 is 0 Å². The highest BCUT2D eigenvalue weighted by Crippen LogP contribution is 2.35. The second-order valence-electron chi connectivity index (χ2n) is 6.75. The molecule has 0 radical (unpaired) electrons. The number of nitrogens with zero attached hydrogens (tertiary/aromatic N) is 3. The Bertz CT molecular complexity index is 1350. The molecule has 0 atom stereocenters. The summed E-state index contributed by atoms with van der Waals surface area (Å²) in [6, 6.07) is 12.4. The molecule has 0 unspecified atom stereocenters. The molecule has 2 aromatic carbocycles. The molecule has 0 spiro atoms. The van der Waals surface area contributed by atoms with Crippen molar-refractivity contribution in [3.05, 3.63) is 66.2 Å². The number of allylic oxidation sites excluding steroid dienone is 1. The van der Waals surface area contributed by atoms with Gasteiger partial charge in [0, 0.05) is 6.54 Å². The molecule has 0 saturated carbocycles. The van der Waals surface area contributed by atoms with Gasteiger partial charge in [-0.1, -0.05) is 24.3 Å². The first-order valence-corrected chi connectivity index (χ1v) is 10.3. The van der Waals surface area contributed by atoms with Gasteiger partial charge in [-0.25, -0.2) is 18.4 Å². The molecule has 2 aromatic heterocycles. The highest BCUT2D eigenvalue weighted by Gasteiger charge is 2.30. The Balaban J connectivity index is 2.10. The van der Waals surface area contributed by atoms with Crippen molar-refractivity contribution < 1.29 is 8.42 Å². The molecule has 0 aliphatic carbocycles. The Kier molecular flexibility index (Phi) is 4.19. The highest BCUT2D eigenvalue weighted by molar-refractivity contribution is 7.92. The van der Waals surface area contributed by atoms with E-state index in [4.69, 9.17) is 5.73 Å². The third kappa shape index (κ3) is 2.66. The summed E-state index contributed by atoms with van der Waals surface area (Å²) in [7, 11) is -3.88. The maximum atomic E-state index is 13.5. The van der Waals surface area contributed by atoms with Crippen molar-refractivity contribution in [2.45, 2.75) is 30.2 Å². The molecule has 0 aliphatic heterocycles. The van der Waals surface area contributed by atoms with Gasteiger partial charge in [0.15, 0.2) is 5.65 Å². The van der Waals surface area contributed by atoms with Crippen molar-refractivity contribution in [3.63, 3.8) is 0 Å². The molecule has 2 N–H and O–H groups in total. The van der Waals surface area contributed by atoms with E-state index in [1.165, 1.54) is 0 Å². The number of aromatic nitrogens is 3. The van der Waals surface area contributed by atoms with E-state index in [0.29, 0.717) is 23.2 Å². The third-order valence-corrected chi connectivity index (χ3v) is 6.73. The number of sulfone groups is 1. The van der Waals surface area contributed by atoms with E-state index in [0.717, 1.165) is 11.1 Å². The lowest BCUT2D eigenvalue weighted by Gasteiger charge is -2.08. The fraction of sp³-hybridized carbons (Fsp3) is 0.143. The van der Waals surface area contributed by atoms with Crippen molar-refractivity contribution >= 4 is 37.9 Å². The molecule has 142 valence electrons. The van der Waals surface area contributed by atoms with Gasteiger partial charge in [0.25, 0.3) is 0 Å². The molecule has 0 aliphatic rings. The van der Waals surface area contributed by atoms with Crippen LogP contribution in [0.2, 0.25) is 0 Å². The average Bonchev–Trinajstić information content (AvgIpc) is 2.94. The van der Waals surface area contributed by atoms with Crippen molar-refractivity contribution in [3.8, 4) is 0 Å². The van der Waals surface area contributed by atoms with Gasteiger partial charge in [0.05, 0.1) is 15.9 Å². The zero-order valence-electron chi connectivity index (χ0n) is 15.7. The number of hydrogen-bond donors (Lipinski definition) is 1. The van der Waals surface area contributed by atoms with Gasteiger partial charge in [-0.3, -0.25) is 0 Å². The predicted octanol–water partition coefficient (Wildman–Crippen LogP) is 3.80. The van der Waals surface area contributed by atoms with Gasteiger partial charge in [-0.05, 0) is 49.2 Å². The second kappa shape index (κ2) is 6.45. The lowest BCUT2D eigenvalue weighted by atomic mass is 10.1. The zero-order chi connectivity index (χ0) is 20.1. The Morgan fingerprint density at radius 3 is 2.39 bits per heavy atom. The normalized spacial score (nSPS) is 11.9. The van der Waals surface area contributed by atoms with Gasteiger partial charge >= 0.3 is 0 Å². The van der Waals surface area contributed by atoms with Crippen LogP contribution in [0.1, 0.15) is 11.1 Å². The number of nitrogens with two attached hydrogens (primary N) is 1. The minimum Gasteiger partial charge on any atom is -0.384 e. The van der Waals surface area contributed by atoms with E-state index in [1.807, 2.05) is 32.0 Å². The molecule has 0 saturated heterocycles. The molecule has 0 amide bonds. The first kappa shape index (κ1) is 18.2. The standard InChI is InChI=1S/C21H20N4O2S/c1-4-11-25-20(22)19(28(26,27)15-10-9-13(2)14(3)12-15)18-21(25)24-17-8-6-5-7-16(17)23-18/h4-10,12H,1,11,22H2,2-3H3. The number of rotatable bonds is 4. The topological polar surface area (TPSA) is 90.9 Å². The van der Waals surface area contributed by atoms with Gasteiger partial charge in [-0.2, -0.15) is 0 Å². The fourth-order valence-electron chi connectivity index (χ4n) is 3.27. The van der Waals surface area contributed by atoms with Crippen molar-refractivity contribution in [2.24, 2.45) is 0 Å². The summed E-state index contributed by atoms with van der Waals surface area (Å²) in [6.07, 6.45) is 1.65. The Hall–Kier alpha value is -3.19. The maximum Gasteiger partial charge on any atom is 0.212 e. The first-order chi connectivity index (χ1) is 13.3. The smallest absolute Gasteiger partial charge is 0.212 e. The Morgan fingerprint density at radius 1 is 1.07 bits per heavy atom. The number of benzene rings is 2. The number of nitrogen functional groups attached to an aromatic ring is 1. The molecule has 0 bridgehead atoms. The van der Waals surface area contributed by atoms with E-state index < -0.39 is 9.84 Å². The minimum absolute atomic E-state index is 0.00847. The quantitative estimate of drug-likeness (QED) is 0.534. The number of para-hydroxylation sites is 2. The van der Waals surface area contributed by atoms with Crippen LogP contribution in [0.4, 0.5) is 5.82 Å². The molecule has 0 fully saturated rings. The van der Waals surface area contributed by atoms with E-state index in [-0.39, 0.29) is 21.1 Å². The summed E-state index contributed by atoms with van der Waals surface area (Å²) in [5, 5.41) is 0. The fourth-order valence-corrected chi connectivity index (χ4v) is 4.86. The van der Waals surface area contributed by atoms with E-state index in [2.05, 4.69) is 16.5 Å². The van der Waals surface area contributed by atoms with Crippen molar-refractivity contribution in [1.82, 2.24) is 14.5 Å². The average molecular weight is 392 g/mol. The predicted molar refractivity (Wildman–Crippen MR) is 111 cm³/mol. The van der Waals surface area contributed by atoms with Crippen LogP contribution < -0.4 is 5.73 Å². The highest BCUT2D eigenvalue weighted by atomic mass is 32.2. The maximum absolute atomic E-state index is 13.5. The summed E-state index contributed by atoms with van der Waals surface area (Å²) in [6.45, 7) is 7.89. The van der Waals surface area contributed by atoms with Crippen molar-refractivity contribution in [1.29, 1.82) is 0 Å². The molecule has 4 aromatic rings. The van der Waals surface area contributed by atoms with Gasteiger partial charge in [0.1, 0.15) is 16.2 Å². The molecule has 28 heavy (non-hydrogen) atoms. The van der Waals surface area contributed by atoms with Gasteiger partial charge in [-0.15, -0.1) is 6.58 Å². The van der Waals surface area contributed by atoms with Crippen LogP contribution in [-0.2, 0) is 16.4 Å². The lowest BCUT2D eigenvalue weighted by Crippen LogP contribution is -2.08. The Labute approximate surface area is 163 Å². The first-order valence-electron chi connectivity index (χ1n) is 8.82. The summed E-state index contributed by atoms with van der Waals surface area (Å²) in [4.78, 5) is 9.40. The molecule has 4 rings (SSSR count). The lowest BCUT2D eigenvalue weighted by molar-refractivity contribution is 0.596. The second-order valence-corrected chi connectivity index (χ2v) is 8.63. The molecule has 7 heteroatoms. The number of anilines is 1. The third-order valence-electron chi connectivity index (χ3n) is 4.92. The van der Waals surface area contributed by atoms with Gasteiger partial charge in [0.2, 0.25) is 9.84 Å². The summed E-state index contributed by atoms with van der Waals surface area (Å²) in [5.41, 5.74) is 10.2. The Morgan fingerprint density at radius 2 is 1.75 bits per heavy atom. The number of hydrogen-bond acceptors (Lipinski definition) is 5. The molecular formula is C21H20N4O2S. The molecular weight excluding hydrogens is 372 g/mol. The molecule has 2 heterocycles. The zero-order valence-corrected chi connectivity index (χ0v) is 16.5. The van der Waals surface area contributed by atoms with Crippen LogP contribution in [0.5, 0.6) is 0 Å². The summed E-state index contributed by atoms with van der Waals surface area (Å²) < 4.78 is 28.6. The molecule has 6 nitrogen and oxygen atoms in total. The van der Waals surface area contributed by atoms with E-state index in [9.17, 15) is 8.42 Å². The largest absolute Gasteiger partial charge is 0.384 e. The van der Waals surface area contributed by atoms with Crippen LogP contribution in [0.25, 0.3) is 22.2 Å². The van der Waals surface area contributed by atoms with Gasteiger partial charge < -0.3 is 10.3 Å². The monoisotopic (exact) mass is 392 g/mol.